The summed E-state index contributed by atoms with van der Waals surface area (Å²) in [5.74, 6) is 0.212. The van der Waals surface area contributed by atoms with Crippen LogP contribution in [0.1, 0.15) is 30.9 Å². The van der Waals surface area contributed by atoms with Crippen LogP contribution < -0.4 is 15.2 Å². The van der Waals surface area contributed by atoms with Crippen LogP contribution in [0, 0.1) is 0 Å². The molecule has 2 aromatic carbocycles. The first-order chi connectivity index (χ1) is 14.9. The number of aryl methyl sites for hydroxylation is 1. The fraction of sp³-hybridized carbons (Fsp3) is 0.409. The molecule has 1 unspecified atom stereocenters. The van der Waals surface area contributed by atoms with Gasteiger partial charge < -0.3 is 9.15 Å². The van der Waals surface area contributed by atoms with Crippen LogP contribution in [0.5, 0.6) is 5.75 Å². The second kappa shape index (κ2) is 8.86. The molecule has 1 aliphatic rings. The number of para-hydroxylation sites is 1. The van der Waals surface area contributed by atoms with E-state index in [0.29, 0.717) is 5.52 Å². The molecule has 4 rings (SSSR count). The standard InChI is InChI=1S/C22H27N3O5S/c1-24-18-11-10-16(14-21(18)30-22(24)26)31(27,28)23-15-19(25-12-6-3-7-13-25)17-8-4-5-9-20(17)29-2/h4-5,8-11,14,19,23H,3,6-7,12-13,15H2,1-2H3. The van der Waals surface area contributed by atoms with E-state index in [1.807, 2.05) is 24.3 Å². The third kappa shape index (κ3) is 4.39. The van der Waals surface area contributed by atoms with Crippen molar-refractivity contribution in [2.24, 2.45) is 7.05 Å². The Hall–Kier alpha value is -2.62. The number of fused-ring (bicyclic) bond motifs is 1. The lowest BCUT2D eigenvalue weighted by Gasteiger charge is -2.35. The maximum absolute atomic E-state index is 13.1. The number of oxazole rings is 1. The molecule has 0 radical (unpaired) electrons. The Bertz CT molecular complexity index is 1230. The Morgan fingerprint density at radius 1 is 1.13 bits per heavy atom. The summed E-state index contributed by atoms with van der Waals surface area (Å²) < 4.78 is 40.9. The molecule has 1 aliphatic heterocycles. The SMILES string of the molecule is COc1ccccc1C(CNS(=O)(=O)c1ccc2c(c1)oc(=O)n2C)N1CCCCC1. The number of ether oxygens (including phenoxy) is 1. The van der Waals surface area contributed by atoms with Crippen molar-refractivity contribution in [3.05, 3.63) is 58.6 Å². The average Bonchev–Trinajstić information content (AvgIpc) is 3.08. The van der Waals surface area contributed by atoms with Crippen LogP contribution >= 0.6 is 0 Å². The maximum Gasteiger partial charge on any atom is 0.419 e. The molecule has 0 saturated carbocycles. The minimum atomic E-state index is -3.81. The van der Waals surface area contributed by atoms with Gasteiger partial charge in [0.1, 0.15) is 5.75 Å². The smallest absolute Gasteiger partial charge is 0.419 e. The van der Waals surface area contributed by atoms with Crippen molar-refractivity contribution < 1.29 is 17.6 Å². The van der Waals surface area contributed by atoms with Gasteiger partial charge in [0.05, 0.1) is 23.6 Å². The highest BCUT2D eigenvalue weighted by Crippen LogP contribution is 2.31. The van der Waals surface area contributed by atoms with E-state index in [1.54, 1.807) is 20.2 Å². The third-order valence-electron chi connectivity index (χ3n) is 5.87. The lowest BCUT2D eigenvalue weighted by Crippen LogP contribution is -2.40. The first-order valence-electron chi connectivity index (χ1n) is 10.4. The first kappa shape index (κ1) is 21.6. The van der Waals surface area contributed by atoms with Gasteiger partial charge >= 0.3 is 5.76 Å². The monoisotopic (exact) mass is 445 g/mol. The summed E-state index contributed by atoms with van der Waals surface area (Å²) in [6.45, 7) is 2.02. The van der Waals surface area contributed by atoms with Crippen molar-refractivity contribution in [3.8, 4) is 5.75 Å². The molecule has 0 spiro atoms. The van der Waals surface area contributed by atoms with Crippen LogP contribution in [0.2, 0.25) is 0 Å². The van der Waals surface area contributed by atoms with Gasteiger partial charge in [-0.3, -0.25) is 9.47 Å². The normalized spacial score (nSPS) is 16.5. The highest BCUT2D eigenvalue weighted by molar-refractivity contribution is 7.89. The highest BCUT2D eigenvalue weighted by atomic mass is 32.2. The van der Waals surface area contributed by atoms with Gasteiger partial charge in [-0.25, -0.2) is 17.9 Å². The summed E-state index contributed by atoms with van der Waals surface area (Å²) in [6.07, 6.45) is 3.35. The Labute approximate surface area is 181 Å². The number of benzene rings is 2. The van der Waals surface area contributed by atoms with E-state index >= 15 is 0 Å². The summed E-state index contributed by atoms with van der Waals surface area (Å²) in [7, 11) is -0.601. The lowest BCUT2D eigenvalue weighted by molar-refractivity contribution is 0.162. The van der Waals surface area contributed by atoms with Crippen molar-refractivity contribution in [1.29, 1.82) is 0 Å². The zero-order valence-electron chi connectivity index (χ0n) is 17.7. The van der Waals surface area contributed by atoms with Gasteiger partial charge in [0, 0.05) is 25.2 Å². The molecular weight excluding hydrogens is 418 g/mol. The Morgan fingerprint density at radius 3 is 2.61 bits per heavy atom. The maximum atomic E-state index is 13.1. The molecule has 1 N–H and O–H groups in total. The number of likely N-dealkylation sites (tertiary alicyclic amines) is 1. The number of nitrogens with one attached hydrogen (secondary N) is 1. The van der Waals surface area contributed by atoms with Crippen molar-refractivity contribution in [3.63, 3.8) is 0 Å². The number of sulfonamides is 1. The molecule has 31 heavy (non-hydrogen) atoms. The second-order valence-corrected chi connectivity index (χ2v) is 9.53. The number of nitrogens with zero attached hydrogens (tertiary/aromatic N) is 2. The molecular formula is C22H27N3O5S. The molecule has 8 nitrogen and oxygen atoms in total. The molecule has 9 heteroatoms. The zero-order valence-corrected chi connectivity index (χ0v) is 18.5. The summed E-state index contributed by atoms with van der Waals surface area (Å²) in [4.78, 5) is 14.1. The molecule has 0 bridgehead atoms. The van der Waals surface area contributed by atoms with Crippen molar-refractivity contribution >= 4 is 21.1 Å². The summed E-state index contributed by atoms with van der Waals surface area (Å²) >= 11 is 0. The molecule has 2 heterocycles. The lowest BCUT2D eigenvalue weighted by atomic mass is 10.0. The molecule has 1 saturated heterocycles. The van der Waals surface area contributed by atoms with E-state index in [4.69, 9.17) is 9.15 Å². The van der Waals surface area contributed by atoms with Gasteiger partial charge in [0.2, 0.25) is 10.0 Å². The van der Waals surface area contributed by atoms with Gasteiger partial charge in [-0.15, -0.1) is 0 Å². The van der Waals surface area contributed by atoms with E-state index in [2.05, 4.69) is 9.62 Å². The Balaban J connectivity index is 1.62. The number of hydrogen-bond donors (Lipinski definition) is 1. The molecule has 0 aliphatic carbocycles. The Morgan fingerprint density at radius 2 is 1.87 bits per heavy atom. The third-order valence-corrected chi connectivity index (χ3v) is 7.29. The largest absolute Gasteiger partial charge is 0.496 e. The number of piperidine rings is 1. The predicted molar refractivity (Wildman–Crippen MR) is 118 cm³/mol. The van der Waals surface area contributed by atoms with E-state index in [1.165, 1.54) is 23.1 Å². The van der Waals surface area contributed by atoms with Crippen LogP contribution in [0.15, 0.2) is 56.6 Å². The average molecular weight is 446 g/mol. The summed E-state index contributed by atoms with van der Waals surface area (Å²) in [5, 5.41) is 0. The van der Waals surface area contributed by atoms with Crippen molar-refractivity contribution in [1.82, 2.24) is 14.2 Å². The quantitative estimate of drug-likeness (QED) is 0.601. The molecule has 0 amide bonds. The first-order valence-corrected chi connectivity index (χ1v) is 11.9. The van der Waals surface area contributed by atoms with Crippen LogP contribution in [0.4, 0.5) is 0 Å². The van der Waals surface area contributed by atoms with Crippen LogP contribution in [-0.2, 0) is 17.1 Å². The van der Waals surface area contributed by atoms with Gasteiger partial charge in [0.15, 0.2) is 5.58 Å². The molecule has 1 fully saturated rings. The number of hydrogen-bond acceptors (Lipinski definition) is 6. The van der Waals surface area contributed by atoms with Crippen molar-refractivity contribution in [2.45, 2.75) is 30.2 Å². The summed E-state index contributed by atoms with van der Waals surface area (Å²) in [6, 6.07) is 12.0. The topological polar surface area (TPSA) is 93.8 Å². The minimum absolute atomic E-state index is 0.0618. The zero-order chi connectivity index (χ0) is 22.0. The van der Waals surface area contributed by atoms with E-state index in [-0.39, 0.29) is 23.1 Å². The highest BCUT2D eigenvalue weighted by Gasteiger charge is 2.27. The van der Waals surface area contributed by atoms with E-state index in [0.717, 1.165) is 37.2 Å². The predicted octanol–water partition coefficient (Wildman–Crippen LogP) is 2.65. The van der Waals surface area contributed by atoms with Gasteiger partial charge in [-0.05, 0) is 44.1 Å². The Kier molecular flexibility index (Phi) is 6.17. The van der Waals surface area contributed by atoms with Gasteiger partial charge in [-0.2, -0.15) is 0 Å². The molecule has 1 aromatic heterocycles. The number of methoxy groups -OCH3 is 1. The van der Waals surface area contributed by atoms with Crippen molar-refractivity contribution in [2.75, 3.05) is 26.7 Å². The minimum Gasteiger partial charge on any atom is -0.496 e. The van der Waals surface area contributed by atoms with Crippen LogP contribution in [-0.4, -0.2) is 44.6 Å². The molecule has 1 atom stereocenters. The molecule has 3 aromatic rings. The van der Waals surface area contributed by atoms with Crippen LogP contribution in [0.25, 0.3) is 11.1 Å². The van der Waals surface area contributed by atoms with Crippen LogP contribution in [0.3, 0.4) is 0 Å². The fourth-order valence-electron chi connectivity index (χ4n) is 4.16. The van der Waals surface area contributed by atoms with E-state index in [9.17, 15) is 13.2 Å². The number of aromatic nitrogens is 1. The summed E-state index contributed by atoms with van der Waals surface area (Å²) in [5.41, 5.74) is 1.75. The van der Waals surface area contributed by atoms with Gasteiger partial charge in [0.25, 0.3) is 0 Å². The van der Waals surface area contributed by atoms with Gasteiger partial charge in [-0.1, -0.05) is 24.6 Å². The van der Waals surface area contributed by atoms with E-state index < -0.39 is 15.8 Å². The fourth-order valence-corrected chi connectivity index (χ4v) is 5.21. The second-order valence-electron chi connectivity index (χ2n) is 7.76. The number of rotatable bonds is 7. The molecule has 166 valence electrons.